The van der Waals surface area contributed by atoms with E-state index in [1.807, 2.05) is 6.07 Å². The SMILES string of the molecule is Cc1[nH]c2ncccc2c1C1CCN(S(=O)(=O)C2CN(C(=O)OC(C)(C)C)C2)CC1. The van der Waals surface area contributed by atoms with Crippen molar-refractivity contribution in [2.45, 2.75) is 57.3 Å². The van der Waals surface area contributed by atoms with Crippen molar-refractivity contribution < 1.29 is 17.9 Å². The highest BCUT2D eigenvalue weighted by molar-refractivity contribution is 7.89. The van der Waals surface area contributed by atoms with Gasteiger partial charge in [0.15, 0.2) is 0 Å². The first-order valence-corrected chi connectivity index (χ1v) is 12.0. The molecular weight excluding hydrogens is 404 g/mol. The number of ether oxygens (including phenoxy) is 1. The number of carbonyl (C=O) groups is 1. The minimum absolute atomic E-state index is 0.199. The van der Waals surface area contributed by atoms with E-state index in [2.05, 4.69) is 23.0 Å². The second-order valence-electron chi connectivity index (χ2n) is 9.29. The summed E-state index contributed by atoms with van der Waals surface area (Å²) in [7, 11) is -3.42. The van der Waals surface area contributed by atoms with Crippen molar-refractivity contribution in [1.82, 2.24) is 19.2 Å². The molecule has 2 aromatic heterocycles. The largest absolute Gasteiger partial charge is 0.444 e. The van der Waals surface area contributed by atoms with Gasteiger partial charge in [-0.2, -0.15) is 0 Å². The summed E-state index contributed by atoms with van der Waals surface area (Å²) in [5.74, 6) is 0.314. The highest BCUT2D eigenvalue weighted by Gasteiger charge is 2.45. The van der Waals surface area contributed by atoms with Gasteiger partial charge in [-0.1, -0.05) is 0 Å². The second-order valence-corrected chi connectivity index (χ2v) is 11.5. The van der Waals surface area contributed by atoms with Crippen LogP contribution in [0.5, 0.6) is 0 Å². The summed E-state index contributed by atoms with van der Waals surface area (Å²) in [6.07, 6.45) is 2.89. The van der Waals surface area contributed by atoms with Gasteiger partial charge in [-0.05, 0) is 64.2 Å². The molecule has 0 unspecified atom stereocenters. The van der Waals surface area contributed by atoms with Crippen LogP contribution in [0.1, 0.15) is 50.8 Å². The number of H-pyrrole nitrogens is 1. The number of rotatable bonds is 3. The summed E-state index contributed by atoms with van der Waals surface area (Å²) in [5, 5.41) is 0.587. The van der Waals surface area contributed by atoms with Crippen LogP contribution in [0, 0.1) is 6.92 Å². The molecule has 1 amide bonds. The Labute approximate surface area is 177 Å². The number of nitrogens with one attached hydrogen (secondary N) is 1. The van der Waals surface area contributed by atoms with E-state index >= 15 is 0 Å². The number of piperidine rings is 1. The van der Waals surface area contributed by atoms with E-state index in [1.54, 1.807) is 31.3 Å². The molecule has 4 heterocycles. The van der Waals surface area contributed by atoms with Crippen molar-refractivity contribution in [2.24, 2.45) is 0 Å². The van der Waals surface area contributed by atoms with Crippen LogP contribution in [0.4, 0.5) is 4.79 Å². The van der Waals surface area contributed by atoms with E-state index in [0.717, 1.165) is 29.6 Å². The third-order valence-electron chi connectivity index (χ3n) is 5.95. The van der Waals surface area contributed by atoms with Gasteiger partial charge >= 0.3 is 6.09 Å². The Morgan fingerprint density at radius 1 is 1.23 bits per heavy atom. The quantitative estimate of drug-likeness (QED) is 0.801. The van der Waals surface area contributed by atoms with Gasteiger partial charge in [0.1, 0.15) is 16.5 Å². The number of sulfonamides is 1. The standard InChI is InChI=1S/C21H30N4O4S/c1-14-18(17-6-5-9-22-19(17)23-14)15-7-10-25(11-8-15)30(27,28)16-12-24(13-16)20(26)29-21(2,3)4/h5-6,9,15-16H,7-8,10-13H2,1-4H3,(H,22,23). The number of aryl methyl sites for hydroxylation is 1. The molecule has 0 atom stereocenters. The molecule has 0 saturated carbocycles. The average Bonchev–Trinajstić information content (AvgIpc) is 2.94. The van der Waals surface area contributed by atoms with Gasteiger partial charge in [0, 0.05) is 43.5 Å². The van der Waals surface area contributed by atoms with Crippen molar-refractivity contribution in [2.75, 3.05) is 26.2 Å². The number of aromatic amines is 1. The molecule has 2 saturated heterocycles. The topological polar surface area (TPSA) is 95.6 Å². The molecule has 0 aromatic carbocycles. The minimum atomic E-state index is -3.42. The fraction of sp³-hybridized carbons (Fsp3) is 0.619. The number of fused-ring (bicyclic) bond motifs is 1. The van der Waals surface area contributed by atoms with Crippen LogP contribution in [0.25, 0.3) is 11.0 Å². The molecule has 2 aromatic rings. The molecule has 0 aliphatic carbocycles. The van der Waals surface area contributed by atoms with Gasteiger partial charge in [0.05, 0.1) is 0 Å². The second kappa shape index (κ2) is 7.53. The summed E-state index contributed by atoms with van der Waals surface area (Å²) in [6.45, 7) is 8.86. The molecule has 2 aliphatic heterocycles. The first-order chi connectivity index (χ1) is 14.1. The summed E-state index contributed by atoms with van der Waals surface area (Å²) in [4.78, 5) is 21.3. The Kier molecular flexibility index (Phi) is 5.30. The van der Waals surface area contributed by atoms with Gasteiger partial charge in [-0.25, -0.2) is 22.5 Å². The monoisotopic (exact) mass is 434 g/mol. The molecule has 2 fully saturated rings. The Balaban J connectivity index is 1.37. The van der Waals surface area contributed by atoms with Gasteiger partial charge in [-0.15, -0.1) is 0 Å². The number of likely N-dealkylation sites (tertiary alicyclic amines) is 1. The third kappa shape index (κ3) is 3.92. The molecule has 0 bridgehead atoms. The lowest BCUT2D eigenvalue weighted by atomic mass is 9.88. The molecule has 0 radical (unpaired) electrons. The zero-order chi connectivity index (χ0) is 21.7. The summed E-state index contributed by atoms with van der Waals surface area (Å²) < 4.78 is 33.0. The van der Waals surface area contributed by atoms with Gasteiger partial charge < -0.3 is 14.6 Å². The average molecular weight is 435 g/mol. The van der Waals surface area contributed by atoms with Gasteiger partial charge in [0.25, 0.3) is 0 Å². The number of carbonyl (C=O) groups excluding carboxylic acids is 1. The van der Waals surface area contributed by atoms with E-state index < -0.39 is 27.0 Å². The maximum absolute atomic E-state index is 13.0. The number of pyridine rings is 1. The normalized spacial score (nSPS) is 19.8. The van der Waals surface area contributed by atoms with Crippen LogP contribution < -0.4 is 0 Å². The molecule has 2 aliphatic rings. The van der Waals surface area contributed by atoms with Gasteiger partial charge in [-0.3, -0.25) is 0 Å². The number of amides is 1. The number of nitrogens with zero attached hydrogens (tertiary/aromatic N) is 3. The molecule has 9 heteroatoms. The smallest absolute Gasteiger partial charge is 0.410 e. The molecule has 164 valence electrons. The number of hydrogen-bond donors (Lipinski definition) is 1. The Morgan fingerprint density at radius 2 is 1.90 bits per heavy atom. The fourth-order valence-corrected chi connectivity index (χ4v) is 6.29. The van der Waals surface area contributed by atoms with Crippen molar-refractivity contribution in [3.8, 4) is 0 Å². The van der Waals surface area contributed by atoms with E-state index in [9.17, 15) is 13.2 Å². The van der Waals surface area contributed by atoms with Crippen molar-refractivity contribution in [3.05, 3.63) is 29.6 Å². The molecule has 8 nitrogen and oxygen atoms in total. The first kappa shape index (κ1) is 21.1. The van der Waals surface area contributed by atoms with Crippen LogP contribution in [-0.4, -0.2) is 70.7 Å². The first-order valence-electron chi connectivity index (χ1n) is 10.5. The lowest BCUT2D eigenvalue weighted by Gasteiger charge is -2.42. The molecule has 30 heavy (non-hydrogen) atoms. The lowest BCUT2D eigenvalue weighted by molar-refractivity contribution is 0.0135. The van der Waals surface area contributed by atoms with E-state index in [0.29, 0.717) is 19.0 Å². The molecule has 4 rings (SSSR count). The maximum atomic E-state index is 13.0. The Morgan fingerprint density at radius 3 is 2.53 bits per heavy atom. The highest BCUT2D eigenvalue weighted by Crippen LogP contribution is 2.36. The molecular formula is C21H30N4O4S. The number of hydrogen-bond acceptors (Lipinski definition) is 5. The van der Waals surface area contributed by atoms with Crippen LogP contribution in [-0.2, 0) is 14.8 Å². The van der Waals surface area contributed by atoms with Gasteiger partial charge in [0.2, 0.25) is 10.0 Å². The van der Waals surface area contributed by atoms with E-state index in [-0.39, 0.29) is 13.1 Å². The lowest BCUT2D eigenvalue weighted by Crippen LogP contribution is -2.61. The Hall–Kier alpha value is -2.13. The zero-order valence-corrected chi connectivity index (χ0v) is 18.8. The van der Waals surface area contributed by atoms with E-state index in [4.69, 9.17) is 4.74 Å². The van der Waals surface area contributed by atoms with Crippen molar-refractivity contribution in [1.29, 1.82) is 0 Å². The predicted molar refractivity (Wildman–Crippen MR) is 115 cm³/mol. The van der Waals surface area contributed by atoms with Crippen LogP contribution in [0.3, 0.4) is 0 Å². The van der Waals surface area contributed by atoms with Crippen LogP contribution in [0.15, 0.2) is 18.3 Å². The van der Waals surface area contributed by atoms with Crippen LogP contribution in [0.2, 0.25) is 0 Å². The Bertz CT molecular complexity index is 1040. The highest BCUT2D eigenvalue weighted by atomic mass is 32.2. The maximum Gasteiger partial charge on any atom is 0.410 e. The summed E-state index contributed by atoms with van der Waals surface area (Å²) >= 11 is 0. The van der Waals surface area contributed by atoms with E-state index in [1.165, 1.54) is 10.5 Å². The molecule has 0 spiro atoms. The third-order valence-corrected chi connectivity index (χ3v) is 8.18. The molecule has 1 N–H and O–H groups in total. The number of aromatic nitrogens is 2. The van der Waals surface area contributed by atoms with Crippen LogP contribution >= 0.6 is 0 Å². The fourth-order valence-electron chi connectivity index (χ4n) is 4.41. The summed E-state index contributed by atoms with van der Waals surface area (Å²) in [5.41, 5.74) is 2.67. The van der Waals surface area contributed by atoms with Crippen molar-refractivity contribution >= 4 is 27.1 Å². The summed E-state index contributed by atoms with van der Waals surface area (Å²) in [6, 6.07) is 4.01. The predicted octanol–water partition coefficient (Wildman–Crippen LogP) is 3.00. The minimum Gasteiger partial charge on any atom is -0.444 e. The van der Waals surface area contributed by atoms with Crippen molar-refractivity contribution in [3.63, 3.8) is 0 Å². The zero-order valence-electron chi connectivity index (χ0n) is 18.0.